The van der Waals surface area contributed by atoms with Crippen LogP contribution in [0.5, 0.6) is 5.88 Å². The van der Waals surface area contributed by atoms with Crippen LogP contribution >= 0.6 is 0 Å². The van der Waals surface area contributed by atoms with Crippen LogP contribution in [0.15, 0.2) is 108 Å². The van der Waals surface area contributed by atoms with Gasteiger partial charge in [0.05, 0.1) is 11.5 Å². The number of aryl methyl sites for hydroxylation is 2. The van der Waals surface area contributed by atoms with Gasteiger partial charge in [0.15, 0.2) is 12.3 Å². The fourth-order valence-electron chi connectivity index (χ4n) is 8.14. The highest BCUT2D eigenvalue weighted by molar-refractivity contribution is 6.03. The van der Waals surface area contributed by atoms with Gasteiger partial charge in [0.1, 0.15) is 12.3 Å². The first-order valence-corrected chi connectivity index (χ1v) is 19.1. The fraction of sp³-hybridized carbons (Fsp3) is 0.435. The number of anilines is 1. The maximum Gasteiger partial charge on any atom is 0.422 e. The molecule has 51 heavy (non-hydrogen) atoms. The van der Waals surface area contributed by atoms with Crippen LogP contribution in [0, 0.1) is 19.8 Å². The Morgan fingerprint density at radius 1 is 0.882 bits per heavy atom. The van der Waals surface area contributed by atoms with Crippen molar-refractivity contribution in [3.63, 3.8) is 0 Å². The molecule has 6 rings (SSSR count). The summed E-state index contributed by atoms with van der Waals surface area (Å²) >= 11 is 0. The van der Waals surface area contributed by atoms with Crippen molar-refractivity contribution in [3.05, 3.63) is 130 Å². The summed E-state index contributed by atoms with van der Waals surface area (Å²) in [7, 11) is 2.19. The highest BCUT2D eigenvalue weighted by Crippen LogP contribution is 2.47. The Bertz CT molecular complexity index is 1950. The third-order valence-electron chi connectivity index (χ3n) is 11.2. The SMILES string of the molecule is CCCCC(C)CO[n+]1ccccc1OC1=C(/C=C/C2=[N+](CC)c3ccc(C)cc3C2(C)C)CC/C1=C\C=C1\N(C)c2ccc(C)cc2C1(C)C. The van der Waals surface area contributed by atoms with Crippen molar-refractivity contribution in [1.82, 2.24) is 0 Å². The van der Waals surface area contributed by atoms with Crippen molar-refractivity contribution < 1.29 is 18.9 Å². The maximum atomic E-state index is 6.95. The molecule has 3 aliphatic rings. The monoisotopic (exact) mass is 685 g/mol. The number of aromatic nitrogens is 1. The van der Waals surface area contributed by atoms with E-state index < -0.39 is 0 Å². The van der Waals surface area contributed by atoms with Gasteiger partial charge in [0, 0.05) is 52.3 Å². The lowest BCUT2D eigenvalue weighted by Crippen LogP contribution is -2.45. The van der Waals surface area contributed by atoms with Crippen molar-refractivity contribution in [2.24, 2.45) is 5.92 Å². The van der Waals surface area contributed by atoms with E-state index in [9.17, 15) is 0 Å². The third-order valence-corrected chi connectivity index (χ3v) is 11.2. The molecule has 1 unspecified atom stereocenters. The van der Waals surface area contributed by atoms with Crippen LogP contribution in [0.3, 0.4) is 0 Å². The van der Waals surface area contributed by atoms with Crippen LogP contribution in [-0.4, -0.2) is 30.5 Å². The molecule has 0 fully saturated rings. The molecular formula is C46H59N3O2+2. The zero-order valence-corrected chi connectivity index (χ0v) is 32.8. The quantitative estimate of drug-likeness (QED) is 0.178. The van der Waals surface area contributed by atoms with E-state index in [1.807, 2.05) is 29.1 Å². The smallest absolute Gasteiger partial charge is 0.401 e. The van der Waals surface area contributed by atoms with Gasteiger partial charge in [0.2, 0.25) is 11.9 Å². The van der Waals surface area contributed by atoms with Crippen LogP contribution in [0.2, 0.25) is 0 Å². The maximum absolute atomic E-state index is 6.95. The van der Waals surface area contributed by atoms with E-state index in [1.54, 1.807) is 0 Å². The minimum absolute atomic E-state index is 0.103. The largest absolute Gasteiger partial charge is 0.422 e. The molecule has 1 aliphatic carbocycles. The van der Waals surface area contributed by atoms with E-state index >= 15 is 0 Å². The topological polar surface area (TPSA) is 28.6 Å². The summed E-state index contributed by atoms with van der Waals surface area (Å²) in [6.45, 7) is 22.0. The van der Waals surface area contributed by atoms with Gasteiger partial charge < -0.3 is 9.64 Å². The number of allylic oxidation sites excluding steroid dienone is 7. The minimum Gasteiger partial charge on any atom is -0.401 e. The van der Waals surface area contributed by atoms with Gasteiger partial charge in [-0.05, 0) is 107 Å². The van der Waals surface area contributed by atoms with E-state index in [1.165, 1.54) is 69.0 Å². The lowest BCUT2D eigenvalue weighted by Gasteiger charge is -2.24. The molecule has 3 aromatic rings. The molecule has 0 amide bonds. The first-order valence-electron chi connectivity index (χ1n) is 19.1. The Morgan fingerprint density at radius 3 is 2.37 bits per heavy atom. The molecular weight excluding hydrogens is 627 g/mol. The molecule has 2 aliphatic heterocycles. The van der Waals surface area contributed by atoms with Crippen LogP contribution in [-0.2, 0) is 10.8 Å². The van der Waals surface area contributed by atoms with E-state index in [2.05, 4.69) is 140 Å². The number of pyridine rings is 1. The number of unbranched alkanes of at least 4 members (excludes halogenated alkanes) is 1. The summed E-state index contributed by atoms with van der Waals surface area (Å²) in [5.74, 6) is 2.08. The summed E-state index contributed by atoms with van der Waals surface area (Å²) in [5.41, 5.74) is 12.8. The van der Waals surface area contributed by atoms with Crippen molar-refractivity contribution >= 4 is 17.1 Å². The van der Waals surface area contributed by atoms with Gasteiger partial charge in [-0.1, -0.05) is 75.9 Å². The molecule has 5 heteroatoms. The van der Waals surface area contributed by atoms with Crippen molar-refractivity contribution in [3.8, 4) is 5.88 Å². The molecule has 268 valence electrons. The molecule has 0 N–H and O–H groups in total. The molecule has 3 heterocycles. The second-order valence-corrected chi connectivity index (χ2v) is 15.9. The van der Waals surface area contributed by atoms with Gasteiger partial charge in [0.25, 0.3) is 0 Å². The van der Waals surface area contributed by atoms with Gasteiger partial charge in [-0.15, -0.1) is 0 Å². The van der Waals surface area contributed by atoms with Gasteiger partial charge >= 0.3 is 5.88 Å². The van der Waals surface area contributed by atoms with Gasteiger partial charge in [-0.25, -0.2) is 0 Å². The van der Waals surface area contributed by atoms with E-state index in [0.29, 0.717) is 18.4 Å². The van der Waals surface area contributed by atoms with Crippen molar-refractivity contribution in [2.45, 2.75) is 105 Å². The highest BCUT2D eigenvalue weighted by Gasteiger charge is 2.44. The number of fused-ring (bicyclic) bond motifs is 2. The summed E-state index contributed by atoms with van der Waals surface area (Å²) in [6.07, 6.45) is 16.6. The Hall–Kier alpha value is -4.38. The van der Waals surface area contributed by atoms with Crippen LogP contribution in [0.4, 0.5) is 11.4 Å². The number of ether oxygens (including phenoxy) is 1. The third kappa shape index (κ3) is 7.09. The lowest BCUT2D eigenvalue weighted by atomic mass is 9.80. The number of benzene rings is 2. The Balaban J connectivity index is 1.39. The Kier molecular flexibility index (Phi) is 10.5. The second-order valence-electron chi connectivity index (χ2n) is 15.9. The van der Waals surface area contributed by atoms with Crippen LogP contribution in [0.1, 0.15) is 103 Å². The van der Waals surface area contributed by atoms with Gasteiger partial charge in [-0.2, -0.15) is 4.58 Å². The molecule has 0 saturated heterocycles. The minimum atomic E-state index is -0.105. The molecule has 0 radical (unpaired) electrons. The zero-order valence-electron chi connectivity index (χ0n) is 32.8. The first-order chi connectivity index (χ1) is 24.4. The summed E-state index contributed by atoms with van der Waals surface area (Å²) < 4.78 is 11.2. The Labute approximate surface area is 307 Å². The van der Waals surface area contributed by atoms with Crippen molar-refractivity contribution in [2.75, 3.05) is 25.1 Å². The first kappa shape index (κ1) is 36.4. The summed E-state index contributed by atoms with van der Waals surface area (Å²) in [6, 6.07) is 19.7. The highest BCUT2D eigenvalue weighted by atomic mass is 16.7. The number of hydrogen-bond acceptors (Lipinski definition) is 3. The number of likely N-dealkylation sites (N-methyl/N-ethyl adjacent to an activating group) is 1. The molecule has 0 bridgehead atoms. The molecule has 2 aromatic carbocycles. The van der Waals surface area contributed by atoms with Crippen LogP contribution in [0.25, 0.3) is 0 Å². The second kappa shape index (κ2) is 14.7. The standard InChI is InChI=1S/C46H59N3O2/c1-11-13-16-34(5)31-50-49-28-15-14-17-43(49)51-44-35(22-26-41-45(6,7)37-29-32(3)18-24-39(37)47(41)10)20-21-36(44)23-27-42-46(8,9)38-30-33(4)19-25-40(38)48(42)12-2/h14-15,17-19,22-30,34H,11-13,16,20-21,31H2,1-10H3/q+2. The zero-order chi connectivity index (χ0) is 36.5. The average molecular weight is 686 g/mol. The Morgan fingerprint density at radius 2 is 1.63 bits per heavy atom. The molecule has 1 atom stereocenters. The normalized spacial score (nSPS) is 19.8. The van der Waals surface area contributed by atoms with E-state index in [-0.39, 0.29) is 10.8 Å². The fourth-order valence-corrected chi connectivity index (χ4v) is 8.14. The van der Waals surface area contributed by atoms with E-state index in [4.69, 9.17) is 9.57 Å². The van der Waals surface area contributed by atoms with Gasteiger partial charge in [-0.3, -0.25) is 4.84 Å². The molecule has 0 spiro atoms. The number of rotatable bonds is 12. The van der Waals surface area contributed by atoms with E-state index in [0.717, 1.165) is 31.6 Å². The predicted octanol–water partition coefficient (Wildman–Crippen LogP) is 10.2. The number of hydrogen-bond donors (Lipinski definition) is 0. The molecule has 5 nitrogen and oxygen atoms in total. The summed E-state index contributed by atoms with van der Waals surface area (Å²) in [4.78, 5) is 8.70. The molecule has 0 saturated carbocycles. The van der Waals surface area contributed by atoms with Crippen LogP contribution < -0.4 is 19.2 Å². The van der Waals surface area contributed by atoms with Crippen molar-refractivity contribution in [1.29, 1.82) is 0 Å². The molecule has 1 aromatic heterocycles. The summed E-state index contributed by atoms with van der Waals surface area (Å²) in [5, 5.41) is 0. The number of nitrogens with zero attached hydrogens (tertiary/aromatic N) is 3. The average Bonchev–Trinajstić information content (AvgIpc) is 3.64. The lowest BCUT2D eigenvalue weighted by molar-refractivity contribution is -0.893. The predicted molar refractivity (Wildman–Crippen MR) is 211 cm³/mol.